The Morgan fingerprint density at radius 1 is 1.07 bits per heavy atom. The number of hydrogen-bond acceptors (Lipinski definition) is 5. The Bertz CT molecular complexity index is 957. The molecule has 0 fully saturated rings. The molecule has 0 aliphatic carbocycles. The van der Waals surface area contributed by atoms with E-state index in [2.05, 4.69) is 5.32 Å². The predicted molar refractivity (Wildman–Crippen MR) is 107 cm³/mol. The number of primary sulfonamides is 1. The zero-order valence-corrected chi connectivity index (χ0v) is 17.3. The maximum Gasteiger partial charge on any atom is 0.252 e. The van der Waals surface area contributed by atoms with Crippen molar-refractivity contribution in [3.05, 3.63) is 53.1 Å². The van der Waals surface area contributed by atoms with Gasteiger partial charge in [0, 0.05) is 5.56 Å². The van der Waals surface area contributed by atoms with Gasteiger partial charge >= 0.3 is 0 Å². The van der Waals surface area contributed by atoms with E-state index in [0.717, 1.165) is 5.56 Å². The number of nitrogens with one attached hydrogen (secondary N) is 1. The number of amides is 1. The number of benzene rings is 2. The summed E-state index contributed by atoms with van der Waals surface area (Å²) < 4.78 is 34.3. The Labute approximate surface area is 165 Å². The minimum absolute atomic E-state index is 0.101. The molecule has 0 aliphatic rings. The number of carbonyl (C=O) groups excluding carboxylic acids is 1. The molecule has 0 saturated carbocycles. The van der Waals surface area contributed by atoms with Gasteiger partial charge in [0.25, 0.3) is 5.91 Å². The molecule has 2 aromatic carbocycles. The Morgan fingerprint density at radius 2 is 1.71 bits per heavy atom. The molecular formula is C20H26N2O5S. The third-order valence-electron chi connectivity index (χ3n) is 4.20. The maximum absolute atomic E-state index is 12.7. The summed E-state index contributed by atoms with van der Waals surface area (Å²) >= 11 is 0. The van der Waals surface area contributed by atoms with Crippen LogP contribution in [-0.2, 0) is 10.0 Å². The quantitative estimate of drug-likeness (QED) is 0.701. The third kappa shape index (κ3) is 5.24. The summed E-state index contributed by atoms with van der Waals surface area (Å²) in [6.07, 6.45) is 0. The number of nitrogens with two attached hydrogens (primary N) is 1. The van der Waals surface area contributed by atoms with E-state index < -0.39 is 10.0 Å². The van der Waals surface area contributed by atoms with Crippen LogP contribution in [-0.4, -0.2) is 27.5 Å². The fraction of sp³-hybridized carbons (Fsp3) is 0.350. The van der Waals surface area contributed by atoms with Crippen molar-refractivity contribution >= 4 is 15.9 Å². The molecule has 2 rings (SSSR count). The number of rotatable bonds is 8. The summed E-state index contributed by atoms with van der Waals surface area (Å²) in [5.41, 5.74) is 1.74. The van der Waals surface area contributed by atoms with Gasteiger partial charge in [-0.25, -0.2) is 13.6 Å². The molecule has 1 atom stereocenters. The summed E-state index contributed by atoms with van der Waals surface area (Å²) in [6.45, 7) is 8.35. The molecular weight excluding hydrogens is 380 g/mol. The lowest BCUT2D eigenvalue weighted by atomic mass is 10.1. The normalized spacial score (nSPS) is 12.3. The van der Waals surface area contributed by atoms with Gasteiger partial charge in [-0.3, -0.25) is 4.79 Å². The molecule has 1 amide bonds. The van der Waals surface area contributed by atoms with Gasteiger partial charge in [-0.1, -0.05) is 12.1 Å². The van der Waals surface area contributed by atoms with E-state index in [1.165, 1.54) is 12.1 Å². The second kappa shape index (κ2) is 9.07. The molecule has 28 heavy (non-hydrogen) atoms. The van der Waals surface area contributed by atoms with Crippen LogP contribution < -0.4 is 19.9 Å². The van der Waals surface area contributed by atoms with Gasteiger partial charge in [0.2, 0.25) is 10.0 Å². The molecule has 0 bridgehead atoms. The largest absolute Gasteiger partial charge is 0.490 e. The van der Waals surface area contributed by atoms with Crippen molar-refractivity contribution in [2.24, 2.45) is 5.14 Å². The van der Waals surface area contributed by atoms with E-state index in [4.69, 9.17) is 14.6 Å². The molecule has 0 radical (unpaired) electrons. The van der Waals surface area contributed by atoms with E-state index >= 15 is 0 Å². The highest BCUT2D eigenvalue weighted by Gasteiger charge is 2.18. The predicted octanol–water partition coefficient (Wildman–Crippen LogP) is 2.93. The van der Waals surface area contributed by atoms with Crippen LogP contribution in [0.3, 0.4) is 0 Å². The van der Waals surface area contributed by atoms with E-state index in [1.807, 2.05) is 32.9 Å². The second-order valence-corrected chi connectivity index (χ2v) is 7.85. The van der Waals surface area contributed by atoms with Crippen molar-refractivity contribution in [3.63, 3.8) is 0 Å². The fourth-order valence-corrected chi connectivity index (χ4v) is 3.26. The van der Waals surface area contributed by atoms with Crippen LogP contribution in [0.5, 0.6) is 11.5 Å². The smallest absolute Gasteiger partial charge is 0.252 e. The molecule has 152 valence electrons. The minimum Gasteiger partial charge on any atom is -0.490 e. The van der Waals surface area contributed by atoms with Gasteiger partial charge in [0.1, 0.15) is 0 Å². The number of carbonyl (C=O) groups is 1. The zero-order chi connectivity index (χ0) is 20.9. The Hall–Kier alpha value is -2.58. The summed E-state index contributed by atoms with van der Waals surface area (Å²) in [5.74, 6) is 0.862. The van der Waals surface area contributed by atoms with E-state index in [-0.39, 0.29) is 22.4 Å². The van der Waals surface area contributed by atoms with Crippen LogP contribution in [0.1, 0.15) is 48.3 Å². The fourth-order valence-electron chi connectivity index (χ4n) is 2.72. The average Bonchev–Trinajstić information content (AvgIpc) is 2.62. The molecule has 7 nitrogen and oxygen atoms in total. The van der Waals surface area contributed by atoms with Gasteiger partial charge in [-0.2, -0.15) is 0 Å². The molecule has 8 heteroatoms. The van der Waals surface area contributed by atoms with Crippen molar-refractivity contribution < 1.29 is 22.7 Å². The zero-order valence-electron chi connectivity index (χ0n) is 16.5. The maximum atomic E-state index is 12.7. The summed E-state index contributed by atoms with van der Waals surface area (Å²) in [7, 11) is -3.89. The first kappa shape index (κ1) is 21.7. The number of hydrogen-bond donors (Lipinski definition) is 2. The lowest BCUT2D eigenvalue weighted by Gasteiger charge is -2.18. The Kier molecular flexibility index (Phi) is 7.04. The van der Waals surface area contributed by atoms with Gasteiger partial charge < -0.3 is 14.8 Å². The van der Waals surface area contributed by atoms with Crippen molar-refractivity contribution in [2.75, 3.05) is 13.2 Å². The molecule has 2 aromatic rings. The molecule has 0 saturated heterocycles. The first-order chi connectivity index (χ1) is 13.2. The summed E-state index contributed by atoms with van der Waals surface area (Å²) in [5, 5.41) is 8.05. The summed E-state index contributed by atoms with van der Waals surface area (Å²) in [6, 6.07) is 9.38. The van der Waals surface area contributed by atoms with Crippen LogP contribution in [0.4, 0.5) is 0 Å². The molecule has 0 aliphatic heterocycles. The first-order valence-corrected chi connectivity index (χ1v) is 10.6. The van der Waals surface area contributed by atoms with Crippen LogP contribution in [0.15, 0.2) is 41.3 Å². The van der Waals surface area contributed by atoms with Crippen molar-refractivity contribution in [1.29, 1.82) is 0 Å². The highest BCUT2D eigenvalue weighted by molar-refractivity contribution is 7.89. The van der Waals surface area contributed by atoms with Gasteiger partial charge in [0.15, 0.2) is 11.5 Å². The average molecular weight is 407 g/mol. The van der Waals surface area contributed by atoms with Crippen LogP contribution in [0, 0.1) is 6.92 Å². The van der Waals surface area contributed by atoms with Crippen LogP contribution >= 0.6 is 0 Å². The van der Waals surface area contributed by atoms with Crippen LogP contribution in [0.25, 0.3) is 0 Å². The highest BCUT2D eigenvalue weighted by atomic mass is 32.2. The van der Waals surface area contributed by atoms with Crippen molar-refractivity contribution in [1.82, 2.24) is 5.32 Å². The number of ether oxygens (including phenoxy) is 2. The van der Waals surface area contributed by atoms with Gasteiger partial charge in [-0.05, 0) is 63.1 Å². The SMILES string of the molecule is CCOc1ccc(C(C)NC(=O)c2cc(S(N)(=O)=O)ccc2C)cc1OCC. The monoisotopic (exact) mass is 406 g/mol. The Morgan fingerprint density at radius 3 is 2.32 bits per heavy atom. The number of sulfonamides is 1. The third-order valence-corrected chi connectivity index (χ3v) is 5.11. The van der Waals surface area contributed by atoms with Crippen molar-refractivity contribution in [3.8, 4) is 11.5 Å². The molecule has 0 spiro atoms. The van der Waals surface area contributed by atoms with E-state index in [1.54, 1.807) is 19.1 Å². The summed E-state index contributed by atoms with van der Waals surface area (Å²) in [4.78, 5) is 12.6. The molecule has 1 unspecified atom stereocenters. The molecule has 3 N–H and O–H groups in total. The van der Waals surface area contributed by atoms with Gasteiger partial charge in [-0.15, -0.1) is 0 Å². The topological polar surface area (TPSA) is 108 Å². The molecule has 0 aromatic heterocycles. The Balaban J connectivity index is 2.26. The van der Waals surface area contributed by atoms with E-state index in [0.29, 0.717) is 30.3 Å². The lowest BCUT2D eigenvalue weighted by molar-refractivity contribution is 0.0939. The standard InChI is InChI=1S/C20H26N2O5S/c1-5-26-18-10-8-15(11-19(18)27-6-2)14(4)22-20(23)17-12-16(28(21,24)25)9-7-13(17)3/h7-12,14H,5-6H2,1-4H3,(H,22,23)(H2,21,24,25). The van der Waals surface area contributed by atoms with Crippen LogP contribution in [0.2, 0.25) is 0 Å². The lowest BCUT2D eigenvalue weighted by Crippen LogP contribution is -2.27. The number of aryl methyl sites for hydroxylation is 1. The second-order valence-electron chi connectivity index (χ2n) is 6.29. The highest BCUT2D eigenvalue weighted by Crippen LogP contribution is 2.31. The minimum atomic E-state index is -3.89. The molecule has 0 heterocycles. The van der Waals surface area contributed by atoms with Gasteiger partial charge in [0.05, 0.1) is 24.2 Å². The first-order valence-electron chi connectivity index (χ1n) is 9.01. The van der Waals surface area contributed by atoms with Crippen molar-refractivity contribution in [2.45, 2.75) is 38.6 Å². The van der Waals surface area contributed by atoms with E-state index in [9.17, 15) is 13.2 Å².